The lowest BCUT2D eigenvalue weighted by Crippen LogP contribution is -2.63. The van der Waals surface area contributed by atoms with Crippen molar-refractivity contribution in [1.29, 1.82) is 0 Å². The van der Waals surface area contributed by atoms with Crippen LogP contribution in [-0.2, 0) is 9.59 Å². The molecule has 0 bridgehead atoms. The van der Waals surface area contributed by atoms with Gasteiger partial charge in [-0.2, -0.15) is 0 Å². The van der Waals surface area contributed by atoms with Crippen molar-refractivity contribution in [3.63, 3.8) is 0 Å². The number of ketones is 1. The van der Waals surface area contributed by atoms with E-state index < -0.39 is 6.04 Å². The Morgan fingerprint density at radius 1 is 0.933 bits per heavy atom. The normalized spacial score (nSPS) is 20.5. The van der Waals surface area contributed by atoms with Crippen molar-refractivity contribution in [3.05, 3.63) is 65.7 Å². The highest BCUT2D eigenvalue weighted by Crippen LogP contribution is 2.30. The highest BCUT2D eigenvalue weighted by molar-refractivity contribution is 6.09. The van der Waals surface area contributed by atoms with Crippen LogP contribution < -0.4 is 4.90 Å². The lowest BCUT2D eigenvalue weighted by atomic mass is 9.90. The summed E-state index contributed by atoms with van der Waals surface area (Å²) in [4.78, 5) is 43.1. The first-order chi connectivity index (χ1) is 14.5. The molecule has 1 saturated carbocycles. The van der Waals surface area contributed by atoms with Gasteiger partial charge in [-0.15, -0.1) is 0 Å². The van der Waals surface area contributed by atoms with Crippen LogP contribution in [0.5, 0.6) is 0 Å². The molecule has 0 aromatic heterocycles. The summed E-state index contributed by atoms with van der Waals surface area (Å²) in [5, 5.41) is 0. The first-order valence-corrected chi connectivity index (χ1v) is 10.8. The summed E-state index contributed by atoms with van der Waals surface area (Å²) >= 11 is 0. The number of aryl methyl sites for hydroxylation is 1. The van der Waals surface area contributed by atoms with Crippen molar-refractivity contribution < 1.29 is 14.4 Å². The van der Waals surface area contributed by atoms with Crippen LogP contribution in [0, 0.1) is 6.92 Å². The smallest absolute Gasteiger partial charge is 0.250 e. The van der Waals surface area contributed by atoms with Crippen LogP contribution >= 0.6 is 0 Å². The Hall–Kier alpha value is -2.95. The molecule has 1 aliphatic carbocycles. The van der Waals surface area contributed by atoms with Gasteiger partial charge in [0.05, 0.1) is 0 Å². The van der Waals surface area contributed by atoms with E-state index in [0.29, 0.717) is 11.3 Å². The van der Waals surface area contributed by atoms with Crippen LogP contribution in [0.4, 0.5) is 5.69 Å². The molecule has 1 aliphatic heterocycles. The lowest BCUT2D eigenvalue weighted by Gasteiger charge is -2.45. The van der Waals surface area contributed by atoms with Crippen LogP contribution in [0.25, 0.3) is 0 Å². The number of rotatable bonds is 5. The van der Waals surface area contributed by atoms with E-state index in [0.717, 1.165) is 37.7 Å². The first-order valence-electron chi connectivity index (χ1n) is 10.8. The average Bonchev–Trinajstić information content (AvgIpc) is 2.77. The predicted molar refractivity (Wildman–Crippen MR) is 116 cm³/mol. The molecule has 5 heteroatoms. The molecule has 30 heavy (non-hydrogen) atoms. The van der Waals surface area contributed by atoms with Gasteiger partial charge in [0.15, 0.2) is 5.78 Å². The standard InChI is InChI=1S/C25H28N2O3/c1-18-12-14-19(15-13-18)23(28)16-22-25(30)26(20-8-4-2-5-9-20)17-24(29)27(22)21-10-6-3-7-11-21/h2,4-5,8-9,12-15,21-22H,3,6-7,10-11,16-17H2,1H3. The Balaban J connectivity index is 1.64. The molecule has 0 spiro atoms. The summed E-state index contributed by atoms with van der Waals surface area (Å²) in [6.45, 7) is 2.01. The number of carbonyl (C=O) groups is 3. The molecule has 5 nitrogen and oxygen atoms in total. The number of Topliss-reactive ketones (excluding diaryl/α,β-unsaturated/α-hetero) is 1. The highest BCUT2D eigenvalue weighted by atomic mass is 16.2. The van der Waals surface area contributed by atoms with Gasteiger partial charge in [0.1, 0.15) is 12.6 Å². The van der Waals surface area contributed by atoms with Crippen molar-refractivity contribution in [2.45, 2.75) is 57.5 Å². The third-order valence-electron chi connectivity index (χ3n) is 6.26. The number of hydrogen-bond acceptors (Lipinski definition) is 3. The van der Waals surface area contributed by atoms with E-state index in [4.69, 9.17) is 0 Å². The van der Waals surface area contributed by atoms with Crippen molar-refractivity contribution >= 4 is 23.3 Å². The minimum Gasteiger partial charge on any atom is -0.326 e. The zero-order valence-corrected chi connectivity index (χ0v) is 17.4. The number of carbonyl (C=O) groups excluding carboxylic acids is 3. The van der Waals surface area contributed by atoms with Crippen LogP contribution in [0.15, 0.2) is 54.6 Å². The van der Waals surface area contributed by atoms with Gasteiger partial charge in [0.2, 0.25) is 5.91 Å². The molecule has 1 saturated heterocycles. The number of piperazine rings is 1. The monoisotopic (exact) mass is 404 g/mol. The number of nitrogens with zero attached hydrogens (tertiary/aromatic N) is 2. The highest BCUT2D eigenvalue weighted by Gasteiger charge is 2.44. The van der Waals surface area contributed by atoms with Crippen LogP contribution in [0.3, 0.4) is 0 Å². The summed E-state index contributed by atoms with van der Waals surface area (Å²) in [7, 11) is 0. The van der Waals surface area contributed by atoms with E-state index in [-0.39, 0.29) is 36.6 Å². The minimum atomic E-state index is -0.747. The zero-order chi connectivity index (χ0) is 21.1. The predicted octanol–water partition coefficient (Wildman–Crippen LogP) is 4.14. The Bertz CT molecular complexity index is 917. The quantitative estimate of drug-likeness (QED) is 0.704. The molecule has 156 valence electrons. The molecule has 4 rings (SSSR count). The number of para-hydroxylation sites is 1. The SMILES string of the molecule is Cc1ccc(C(=O)CC2C(=O)N(c3ccccc3)CC(=O)N2C2CCCCC2)cc1. The Morgan fingerprint density at radius 3 is 2.27 bits per heavy atom. The summed E-state index contributed by atoms with van der Waals surface area (Å²) in [6.07, 6.45) is 5.11. The molecule has 2 amide bonds. The molecule has 1 heterocycles. The minimum absolute atomic E-state index is 0.0213. The van der Waals surface area contributed by atoms with Gasteiger partial charge in [-0.05, 0) is 31.9 Å². The van der Waals surface area contributed by atoms with Crippen LogP contribution in [0.1, 0.15) is 54.4 Å². The van der Waals surface area contributed by atoms with E-state index >= 15 is 0 Å². The molecule has 2 aromatic rings. The fourth-order valence-corrected chi connectivity index (χ4v) is 4.63. The first kappa shape index (κ1) is 20.3. The van der Waals surface area contributed by atoms with Crippen molar-refractivity contribution in [2.75, 3.05) is 11.4 Å². The maximum Gasteiger partial charge on any atom is 0.250 e. The van der Waals surface area contributed by atoms with Gasteiger partial charge in [0, 0.05) is 23.7 Å². The Kier molecular flexibility index (Phi) is 5.98. The summed E-state index contributed by atoms with van der Waals surface area (Å²) in [5.41, 5.74) is 2.36. The van der Waals surface area contributed by atoms with E-state index in [1.807, 2.05) is 49.4 Å². The van der Waals surface area contributed by atoms with E-state index in [9.17, 15) is 14.4 Å². The Labute approximate surface area is 177 Å². The summed E-state index contributed by atoms with van der Waals surface area (Å²) in [6, 6.07) is 16.0. The van der Waals surface area contributed by atoms with E-state index in [1.165, 1.54) is 4.90 Å². The van der Waals surface area contributed by atoms with Gasteiger partial charge in [0.25, 0.3) is 5.91 Å². The number of anilines is 1. The third kappa shape index (κ3) is 4.16. The zero-order valence-electron chi connectivity index (χ0n) is 17.4. The van der Waals surface area contributed by atoms with Crippen molar-refractivity contribution in [3.8, 4) is 0 Å². The second kappa shape index (κ2) is 8.82. The van der Waals surface area contributed by atoms with Crippen molar-refractivity contribution in [2.24, 2.45) is 0 Å². The molecular weight excluding hydrogens is 376 g/mol. The second-order valence-corrected chi connectivity index (χ2v) is 8.36. The van der Waals surface area contributed by atoms with Gasteiger partial charge >= 0.3 is 0 Å². The maximum absolute atomic E-state index is 13.5. The van der Waals surface area contributed by atoms with Crippen molar-refractivity contribution in [1.82, 2.24) is 4.90 Å². The molecule has 2 aromatic carbocycles. The molecule has 2 fully saturated rings. The van der Waals surface area contributed by atoms with E-state index in [2.05, 4.69) is 0 Å². The van der Waals surface area contributed by atoms with Gasteiger partial charge in [-0.3, -0.25) is 14.4 Å². The summed E-state index contributed by atoms with van der Waals surface area (Å²) < 4.78 is 0. The molecule has 2 aliphatic rings. The van der Waals surface area contributed by atoms with E-state index in [1.54, 1.807) is 17.0 Å². The number of amides is 2. The third-order valence-corrected chi connectivity index (χ3v) is 6.26. The molecule has 1 unspecified atom stereocenters. The average molecular weight is 405 g/mol. The van der Waals surface area contributed by atoms with Gasteiger partial charge < -0.3 is 9.80 Å². The summed E-state index contributed by atoms with van der Waals surface area (Å²) in [5.74, 6) is -0.323. The number of benzene rings is 2. The Morgan fingerprint density at radius 2 is 1.60 bits per heavy atom. The fraction of sp³-hybridized carbons (Fsp3) is 0.400. The maximum atomic E-state index is 13.5. The molecule has 0 radical (unpaired) electrons. The van der Waals surface area contributed by atoms with Crippen LogP contribution in [-0.4, -0.2) is 41.1 Å². The van der Waals surface area contributed by atoms with Crippen LogP contribution in [0.2, 0.25) is 0 Å². The largest absolute Gasteiger partial charge is 0.326 e. The topological polar surface area (TPSA) is 57.7 Å². The van der Waals surface area contributed by atoms with Gasteiger partial charge in [-0.1, -0.05) is 67.3 Å². The fourth-order valence-electron chi connectivity index (χ4n) is 4.63. The second-order valence-electron chi connectivity index (χ2n) is 8.36. The number of hydrogen-bond donors (Lipinski definition) is 0. The molecular formula is C25H28N2O3. The molecule has 1 atom stereocenters. The molecule has 0 N–H and O–H groups in total. The lowest BCUT2D eigenvalue weighted by molar-refractivity contribution is -0.146. The van der Waals surface area contributed by atoms with Gasteiger partial charge in [-0.25, -0.2) is 0 Å².